The molecule has 2 N–H and O–H groups in total. The zero-order valence-corrected chi connectivity index (χ0v) is 16.6. The second kappa shape index (κ2) is 7.79. The molecule has 1 fully saturated rings. The lowest BCUT2D eigenvalue weighted by molar-refractivity contribution is -0.115. The fourth-order valence-corrected chi connectivity index (χ4v) is 4.11. The fraction of sp³-hybridized carbons (Fsp3) is 0.400. The third kappa shape index (κ3) is 3.50. The Bertz CT molecular complexity index is 1030. The predicted molar refractivity (Wildman–Crippen MR) is 110 cm³/mol. The smallest absolute Gasteiger partial charge is 0.245 e. The number of nitrogens with one attached hydrogen (secondary N) is 2. The lowest BCUT2D eigenvalue weighted by Gasteiger charge is -2.39. The Hall–Kier alpha value is -3.40. The molecule has 10 nitrogen and oxygen atoms in total. The number of carbonyl (C=O) groups excluding carboxylic acids is 1. The minimum Gasteiger partial charge on any atom is -0.381 e. The van der Waals surface area contributed by atoms with Crippen LogP contribution in [0.5, 0.6) is 0 Å². The summed E-state index contributed by atoms with van der Waals surface area (Å²) in [7, 11) is 1.76. The van der Waals surface area contributed by atoms with Crippen LogP contribution >= 0.6 is 0 Å². The van der Waals surface area contributed by atoms with Gasteiger partial charge in [-0.3, -0.25) is 14.9 Å². The molecular formula is C20H22N8O2. The number of methoxy groups -OCH3 is 1. The Morgan fingerprint density at radius 1 is 1.07 bits per heavy atom. The summed E-state index contributed by atoms with van der Waals surface area (Å²) in [5.41, 5.74) is 2.22. The summed E-state index contributed by atoms with van der Waals surface area (Å²) in [6.07, 6.45) is 9.09. The average Bonchev–Trinajstić information content (AvgIpc) is 3.33. The Labute approximate surface area is 173 Å². The summed E-state index contributed by atoms with van der Waals surface area (Å²) in [5.74, 6) is 1.70. The molecule has 5 rings (SSSR count). The molecule has 0 bridgehead atoms. The molecule has 3 aromatic rings. The van der Waals surface area contributed by atoms with Crippen LogP contribution in [0.1, 0.15) is 25.7 Å². The molecule has 1 amide bonds. The van der Waals surface area contributed by atoms with Crippen LogP contribution in [0.2, 0.25) is 0 Å². The van der Waals surface area contributed by atoms with Crippen molar-refractivity contribution in [2.24, 2.45) is 0 Å². The molecule has 0 spiro atoms. The fourth-order valence-electron chi connectivity index (χ4n) is 4.11. The van der Waals surface area contributed by atoms with E-state index >= 15 is 0 Å². The molecule has 0 saturated heterocycles. The van der Waals surface area contributed by atoms with Crippen LogP contribution in [-0.2, 0) is 9.53 Å². The molecule has 1 aliphatic heterocycles. The summed E-state index contributed by atoms with van der Waals surface area (Å²) in [6, 6.07) is 4.02. The van der Waals surface area contributed by atoms with Gasteiger partial charge < -0.3 is 15.0 Å². The number of fused-ring (bicyclic) bond motifs is 1. The number of H-pyrrole nitrogens is 1. The van der Waals surface area contributed by atoms with E-state index in [2.05, 4.69) is 35.4 Å². The Morgan fingerprint density at radius 2 is 1.93 bits per heavy atom. The van der Waals surface area contributed by atoms with Gasteiger partial charge >= 0.3 is 0 Å². The second-order valence-electron chi connectivity index (χ2n) is 7.52. The Kier molecular flexibility index (Phi) is 4.83. The molecule has 0 atom stereocenters. The zero-order chi connectivity index (χ0) is 20.5. The molecule has 0 radical (unpaired) electrons. The van der Waals surface area contributed by atoms with Gasteiger partial charge in [0.1, 0.15) is 12.0 Å². The summed E-state index contributed by atoms with van der Waals surface area (Å²) in [4.78, 5) is 32.2. The molecule has 1 saturated carbocycles. The third-order valence-electron chi connectivity index (χ3n) is 5.72. The van der Waals surface area contributed by atoms with Crippen LogP contribution < -0.4 is 10.2 Å². The highest BCUT2D eigenvalue weighted by Gasteiger charge is 2.33. The van der Waals surface area contributed by atoms with Crippen molar-refractivity contribution in [2.75, 3.05) is 23.9 Å². The van der Waals surface area contributed by atoms with E-state index in [0.717, 1.165) is 31.2 Å². The van der Waals surface area contributed by atoms with E-state index in [1.54, 1.807) is 19.5 Å². The first-order chi connectivity index (χ1) is 14.7. The molecule has 154 valence electrons. The van der Waals surface area contributed by atoms with E-state index in [0.29, 0.717) is 35.0 Å². The van der Waals surface area contributed by atoms with Gasteiger partial charge in [-0.05, 0) is 37.8 Å². The van der Waals surface area contributed by atoms with Crippen molar-refractivity contribution in [2.45, 2.75) is 37.8 Å². The van der Waals surface area contributed by atoms with Crippen LogP contribution in [0.4, 0.5) is 11.6 Å². The topological polar surface area (TPSA) is 122 Å². The highest BCUT2D eigenvalue weighted by atomic mass is 16.5. The quantitative estimate of drug-likeness (QED) is 0.675. The van der Waals surface area contributed by atoms with Gasteiger partial charge in [-0.1, -0.05) is 0 Å². The predicted octanol–water partition coefficient (Wildman–Crippen LogP) is 2.04. The van der Waals surface area contributed by atoms with Gasteiger partial charge in [-0.2, -0.15) is 5.10 Å². The molecule has 0 aromatic carbocycles. The van der Waals surface area contributed by atoms with Crippen molar-refractivity contribution in [1.82, 2.24) is 30.1 Å². The number of pyridine rings is 1. The largest absolute Gasteiger partial charge is 0.381 e. The average molecular weight is 406 g/mol. The number of anilines is 2. The van der Waals surface area contributed by atoms with Crippen LogP contribution in [-0.4, -0.2) is 61.8 Å². The van der Waals surface area contributed by atoms with E-state index < -0.39 is 0 Å². The molecule has 2 aliphatic rings. The number of hydrogen-bond acceptors (Lipinski definition) is 8. The van der Waals surface area contributed by atoms with Gasteiger partial charge in [-0.15, -0.1) is 0 Å². The van der Waals surface area contributed by atoms with Gasteiger partial charge in [-0.25, -0.2) is 15.0 Å². The summed E-state index contributed by atoms with van der Waals surface area (Å²) in [6.45, 7) is 0.287. The number of hydrogen-bond donors (Lipinski definition) is 2. The third-order valence-corrected chi connectivity index (χ3v) is 5.72. The van der Waals surface area contributed by atoms with Crippen molar-refractivity contribution < 1.29 is 9.53 Å². The van der Waals surface area contributed by atoms with E-state index in [1.807, 2.05) is 12.1 Å². The van der Waals surface area contributed by atoms with Crippen molar-refractivity contribution in [3.8, 4) is 22.8 Å². The number of amides is 1. The summed E-state index contributed by atoms with van der Waals surface area (Å²) >= 11 is 0. The molecule has 30 heavy (non-hydrogen) atoms. The first-order valence-electron chi connectivity index (χ1n) is 10.00. The maximum atomic E-state index is 12.2. The maximum Gasteiger partial charge on any atom is 0.245 e. The Balaban J connectivity index is 1.43. The van der Waals surface area contributed by atoms with Crippen LogP contribution in [0.15, 0.2) is 30.9 Å². The molecule has 4 heterocycles. The van der Waals surface area contributed by atoms with Gasteiger partial charge in [0.2, 0.25) is 5.91 Å². The van der Waals surface area contributed by atoms with Crippen molar-refractivity contribution in [3.05, 3.63) is 30.9 Å². The van der Waals surface area contributed by atoms with Gasteiger partial charge in [0.05, 0.1) is 24.5 Å². The minimum atomic E-state index is -0.0593. The van der Waals surface area contributed by atoms with E-state index in [1.165, 1.54) is 6.33 Å². The maximum absolute atomic E-state index is 12.2. The van der Waals surface area contributed by atoms with Crippen molar-refractivity contribution in [3.63, 3.8) is 0 Å². The number of nitrogens with zero attached hydrogens (tertiary/aromatic N) is 6. The van der Waals surface area contributed by atoms with E-state index in [-0.39, 0.29) is 18.5 Å². The minimum absolute atomic E-state index is 0.0593. The first-order valence-corrected chi connectivity index (χ1v) is 10.00. The summed E-state index contributed by atoms with van der Waals surface area (Å²) < 4.78 is 5.49. The van der Waals surface area contributed by atoms with Crippen LogP contribution in [0.3, 0.4) is 0 Å². The van der Waals surface area contributed by atoms with Gasteiger partial charge in [0, 0.05) is 24.9 Å². The zero-order valence-electron chi connectivity index (χ0n) is 16.6. The molecule has 0 unspecified atom stereocenters. The second-order valence-corrected chi connectivity index (χ2v) is 7.52. The van der Waals surface area contributed by atoms with Crippen molar-refractivity contribution in [1.29, 1.82) is 0 Å². The van der Waals surface area contributed by atoms with Gasteiger partial charge in [0.15, 0.2) is 17.5 Å². The normalized spacial score (nSPS) is 21.2. The van der Waals surface area contributed by atoms with Crippen molar-refractivity contribution >= 4 is 17.5 Å². The standard InChI is InChI=1S/C20H22N8O2/c1-30-14-5-3-13(4-6-14)28-10-17(29)26-19-20(28)25-16(9-22-19)12-2-7-15(21-8-12)18-23-11-24-27-18/h2,7-9,11,13-14H,3-6,10H2,1H3,(H,22,26,29)(H,23,24,27)/t13-,14+. The lowest BCUT2D eigenvalue weighted by Crippen LogP contribution is -2.47. The molecule has 1 aliphatic carbocycles. The SMILES string of the molecule is CO[C@H]1CC[C@@H](N2CC(=O)Nc3ncc(-c4ccc(-c5nc[nH]n5)nc4)nc32)CC1. The molecule has 10 heteroatoms. The number of aromatic nitrogens is 6. The monoisotopic (exact) mass is 406 g/mol. The van der Waals surface area contributed by atoms with E-state index in [4.69, 9.17) is 9.72 Å². The highest BCUT2D eigenvalue weighted by molar-refractivity contribution is 5.99. The van der Waals surface area contributed by atoms with Gasteiger partial charge in [0.25, 0.3) is 0 Å². The van der Waals surface area contributed by atoms with Crippen LogP contribution in [0, 0.1) is 0 Å². The molecule has 3 aromatic heterocycles. The number of rotatable bonds is 4. The highest BCUT2D eigenvalue weighted by Crippen LogP contribution is 2.34. The Morgan fingerprint density at radius 3 is 2.63 bits per heavy atom. The van der Waals surface area contributed by atoms with Crippen LogP contribution in [0.25, 0.3) is 22.8 Å². The number of aromatic amines is 1. The molecular weight excluding hydrogens is 384 g/mol. The lowest BCUT2D eigenvalue weighted by atomic mass is 9.91. The number of ether oxygens (including phenoxy) is 1. The number of carbonyl (C=O) groups is 1. The first kappa shape index (κ1) is 18.6. The van der Waals surface area contributed by atoms with E-state index in [9.17, 15) is 4.79 Å². The summed E-state index contributed by atoms with van der Waals surface area (Å²) in [5, 5.41) is 9.57.